The molecule has 1 fully saturated rings. The third-order valence-corrected chi connectivity index (χ3v) is 3.62. The molecule has 0 bridgehead atoms. The highest BCUT2D eigenvalue weighted by atomic mass is 16.6. The molecule has 0 aromatic heterocycles. The lowest BCUT2D eigenvalue weighted by Gasteiger charge is -2.20. The van der Waals surface area contributed by atoms with Crippen LogP contribution in [0.3, 0.4) is 0 Å². The first kappa shape index (κ1) is 15.4. The van der Waals surface area contributed by atoms with E-state index in [1.165, 1.54) is 6.07 Å². The molecule has 0 unspecified atom stereocenters. The van der Waals surface area contributed by atoms with Crippen molar-refractivity contribution in [3.05, 3.63) is 39.9 Å². The van der Waals surface area contributed by atoms with Crippen LogP contribution in [0.4, 0.5) is 5.69 Å². The lowest BCUT2D eigenvalue weighted by Crippen LogP contribution is -2.34. The summed E-state index contributed by atoms with van der Waals surface area (Å²) in [6.45, 7) is 3.55. The van der Waals surface area contributed by atoms with Gasteiger partial charge in [0.05, 0.1) is 11.5 Å². The fraction of sp³-hybridized carbons (Fsp3) is 0.500. The van der Waals surface area contributed by atoms with Crippen molar-refractivity contribution in [3.8, 4) is 0 Å². The van der Waals surface area contributed by atoms with Crippen LogP contribution in [0.25, 0.3) is 0 Å². The maximum atomic E-state index is 11.0. The standard InChI is InChI=1S/C14H19N3O4/c18-14(19)11-16-7-3-6-15(8-9-16)10-12-4-1-2-5-13(12)17(20)21/h1-2,4-5H,3,6-11H2,(H,18,19). The maximum absolute atomic E-state index is 11.0. The number of rotatable bonds is 5. The van der Waals surface area contributed by atoms with E-state index >= 15 is 0 Å². The van der Waals surface area contributed by atoms with E-state index in [0.717, 1.165) is 26.1 Å². The van der Waals surface area contributed by atoms with Crippen molar-refractivity contribution in [2.24, 2.45) is 0 Å². The van der Waals surface area contributed by atoms with Gasteiger partial charge in [-0.25, -0.2) is 0 Å². The quantitative estimate of drug-likeness (QED) is 0.648. The summed E-state index contributed by atoms with van der Waals surface area (Å²) in [7, 11) is 0. The zero-order chi connectivity index (χ0) is 15.2. The third-order valence-electron chi connectivity index (χ3n) is 3.62. The number of nitro benzene ring substituents is 1. The first-order valence-corrected chi connectivity index (χ1v) is 6.95. The zero-order valence-corrected chi connectivity index (χ0v) is 11.8. The third kappa shape index (κ3) is 4.51. The Morgan fingerprint density at radius 2 is 1.86 bits per heavy atom. The lowest BCUT2D eigenvalue weighted by molar-refractivity contribution is -0.385. The van der Waals surface area contributed by atoms with Gasteiger partial charge in [-0.15, -0.1) is 0 Å². The summed E-state index contributed by atoms with van der Waals surface area (Å²) in [5.74, 6) is -0.817. The zero-order valence-electron chi connectivity index (χ0n) is 11.8. The molecule has 0 saturated carbocycles. The van der Waals surface area contributed by atoms with Crippen molar-refractivity contribution in [3.63, 3.8) is 0 Å². The second kappa shape index (κ2) is 7.14. The number of carboxylic acids is 1. The van der Waals surface area contributed by atoms with Crippen molar-refractivity contribution in [1.29, 1.82) is 0 Å². The van der Waals surface area contributed by atoms with Gasteiger partial charge in [-0.1, -0.05) is 18.2 Å². The molecule has 0 atom stereocenters. The number of hydrogen-bond donors (Lipinski definition) is 1. The van der Waals surface area contributed by atoms with Gasteiger partial charge >= 0.3 is 5.97 Å². The topological polar surface area (TPSA) is 86.9 Å². The van der Waals surface area contributed by atoms with E-state index < -0.39 is 5.97 Å². The first-order valence-electron chi connectivity index (χ1n) is 6.95. The molecule has 1 saturated heterocycles. The summed E-state index contributed by atoms with van der Waals surface area (Å²) in [6, 6.07) is 6.76. The number of benzene rings is 1. The minimum atomic E-state index is -0.817. The molecule has 7 heteroatoms. The van der Waals surface area contributed by atoms with Crippen molar-refractivity contribution >= 4 is 11.7 Å². The molecule has 0 radical (unpaired) electrons. The smallest absolute Gasteiger partial charge is 0.317 e. The Kier molecular flexibility index (Phi) is 5.24. The van der Waals surface area contributed by atoms with Crippen LogP contribution < -0.4 is 0 Å². The van der Waals surface area contributed by atoms with E-state index in [-0.39, 0.29) is 17.2 Å². The molecule has 114 valence electrons. The Bertz CT molecular complexity index is 521. The van der Waals surface area contributed by atoms with Gasteiger partial charge in [0, 0.05) is 37.8 Å². The molecular formula is C14H19N3O4. The van der Waals surface area contributed by atoms with Crippen LogP contribution in [0.2, 0.25) is 0 Å². The van der Waals surface area contributed by atoms with Crippen LogP contribution in [-0.2, 0) is 11.3 Å². The van der Waals surface area contributed by atoms with Crippen molar-refractivity contribution < 1.29 is 14.8 Å². The molecule has 7 nitrogen and oxygen atoms in total. The van der Waals surface area contributed by atoms with Crippen molar-refractivity contribution in [1.82, 2.24) is 9.80 Å². The van der Waals surface area contributed by atoms with Crippen LogP contribution in [0, 0.1) is 10.1 Å². The molecule has 21 heavy (non-hydrogen) atoms. The Morgan fingerprint density at radius 3 is 2.57 bits per heavy atom. The molecule has 1 aliphatic heterocycles. The second-order valence-corrected chi connectivity index (χ2v) is 5.19. The Labute approximate surface area is 122 Å². The van der Waals surface area contributed by atoms with Gasteiger partial charge in [-0.2, -0.15) is 0 Å². The Hall–Kier alpha value is -1.99. The van der Waals surface area contributed by atoms with Crippen LogP contribution in [0.5, 0.6) is 0 Å². The number of carboxylic acid groups (broad SMARTS) is 1. The highest BCUT2D eigenvalue weighted by Gasteiger charge is 2.19. The summed E-state index contributed by atoms with van der Waals surface area (Å²) in [4.78, 5) is 25.5. The van der Waals surface area contributed by atoms with Gasteiger partial charge in [0.25, 0.3) is 5.69 Å². The molecule has 1 heterocycles. The highest BCUT2D eigenvalue weighted by molar-refractivity contribution is 5.69. The van der Waals surface area contributed by atoms with Crippen molar-refractivity contribution in [2.45, 2.75) is 13.0 Å². The van der Waals surface area contributed by atoms with E-state index in [1.807, 2.05) is 4.90 Å². The summed E-state index contributed by atoms with van der Waals surface area (Å²) < 4.78 is 0. The van der Waals surface area contributed by atoms with Gasteiger partial charge in [0.15, 0.2) is 0 Å². The summed E-state index contributed by atoms with van der Waals surface area (Å²) in [5, 5.41) is 19.8. The fourth-order valence-electron chi connectivity index (χ4n) is 2.60. The molecule has 0 aliphatic carbocycles. The molecule has 1 aliphatic rings. The molecule has 0 spiro atoms. The predicted molar refractivity (Wildman–Crippen MR) is 77.1 cm³/mol. The normalized spacial score (nSPS) is 17.3. The van der Waals surface area contributed by atoms with Gasteiger partial charge < -0.3 is 5.11 Å². The summed E-state index contributed by atoms with van der Waals surface area (Å²) >= 11 is 0. The highest BCUT2D eigenvalue weighted by Crippen LogP contribution is 2.20. The first-order chi connectivity index (χ1) is 10.1. The van der Waals surface area contributed by atoms with Crippen LogP contribution in [0.1, 0.15) is 12.0 Å². The molecule has 1 aromatic rings. The van der Waals surface area contributed by atoms with E-state index in [4.69, 9.17) is 5.11 Å². The van der Waals surface area contributed by atoms with Crippen LogP contribution in [0.15, 0.2) is 24.3 Å². The lowest BCUT2D eigenvalue weighted by atomic mass is 10.1. The van der Waals surface area contributed by atoms with Gasteiger partial charge in [-0.05, 0) is 13.0 Å². The Balaban J connectivity index is 1.98. The molecular weight excluding hydrogens is 274 g/mol. The number of nitrogens with zero attached hydrogens (tertiary/aromatic N) is 3. The molecule has 0 amide bonds. The molecule has 2 rings (SSSR count). The van der Waals surface area contributed by atoms with E-state index in [9.17, 15) is 14.9 Å². The van der Waals surface area contributed by atoms with Crippen LogP contribution in [-0.4, -0.2) is 58.5 Å². The number of carbonyl (C=O) groups is 1. The summed E-state index contributed by atoms with van der Waals surface area (Å²) in [6.07, 6.45) is 0.869. The van der Waals surface area contributed by atoms with Crippen LogP contribution >= 0.6 is 0 Å². The largest absolute Gasteiger partial charge is 0.480 e. The number of para-hydroxylation sites is 1. The predicted octanol–water partition coefficient (Wildman–Crippen LogP) is 1.19. The van der Waals surface area contributed by atoms with Gasteiger partial charge in [-0.3, -0.25) is 24.7 Å². The fourth-order valence-corrected chi connectivity index (χ4v) is 2.60. The minimum absolute atomic E-state index is 0.0549. The maximum Gasteiger partial charge on any atom is 0.317 e. The van der Waals surface area contributed by atoms with E-state index in [2.05, 4.69) is 4.90 Å². The number of aliphatic carboxylic acids is 1. The molecule has 1 aromatic carbocycles. The minimum Gasteiger partial charge on any atom is -0.480 e. The van der Waals surface area contributed by atoms with Gasteiger partial charge in [0.1, 0.15) is 0 Å². The SMILES string of the molecule is O=C(O)CN1CCCN(Cc2ccccc2[N+](=O)[O-])CC1. The number of nitro groups is 1. The average molecular weight is 293 g/mol. The second-order valence-electron chi connectivity index (χ2n) is 5.19. The summed E-state index contributed by atoms with van der Waals surface area (Å²) in [5.41, 5.74) is 0.846. The Morgan fingerprint density at radius 1 is 1.19 bits per heavy atom. The number of hydrogen-bond acceptors (Lipinski definition) is 5. The van der Waals surface area contributed by atoms with Gasteiger partial charge in [0.2, 0.25) is 0 Å². The van der Waals surface area contributed by atoms with Crippen molar-refractivity contribution in [2.75, 3.05) is 32.7 Å². The molecule has 1 N–H and O–H groups in total. The van der Waals surface area contributed by atoms with E-state index in [0.29, 0.717) is 18.7 Å². The average Bonchev–Trinajstić information content (AvgIpc) is 2.64. The van der Waals surface area contributed by atoms with E-state index in [1.54, 1.807) is 18.2 Å². The monoisotopic (exact) mass is 293 g/mol.